The number of hydrogen-bond acceptors (Lipinski definition) is 5. The van der Waals surface area contributed by atoms with Gasteiger partial charge < -0.3 is 17.8 Å². The Morgan fingerprint density at radius 2 is 1.55 bits per heavy atom. The minimum absolute atomic E-state index is 0.647. The zero-order valence-electron chi connectivity index (χ0n) is 15.3. The molecule has 1 heterocycles. The van der Waals surface area contributed by atoms with Crippen molar-refractivity contribution in [1.29, 1.82) is 0 Å². The van der Waals surface area contributed by atoms with E-state index in [0.717, 1.165) is 32.0 Å². The van der Waals surface area contributed by atoms with Gasteiger partial charge in [0.25, 0.3) is 0 Å². The molecular formula is C15H34N2O3Si2. The number of amidine groups is 1. The van der Waals surface area contributed by atoms with E-state index in [9.17, 15) is 0 Å². The maximum atomic E-state index is 5.92. The van der Waals surface area contributed by atoms with Crippen molar-refractivity contribution in [2.45, 2.75) is 59.3 Å². The quantitative estimate of drug-likeness (QED) is 0.538. The molecule has 22 heavy (non-hydrogen) atoms. The molecular weight excluding hydrogens is 312 g/mol. The van der Waals surface area contributed by atoms with Gasteiger partial charge in [0.05, 0.1) is 12.4 Å². The minimum atomic E-state index is -2.50. The number of rotatable bonds is 11. The monoisotopic (exact) mass is 346 g/mol. The van der Waals surface area contributed by atoms with E-state index in [1.807, 2.05) is 20.8 Å². The van der Waals surface area contributed by atoms with Crippen LogP contribution in [0.25, 0.3) is 0 Å². The highest BCUT2D eigenvalue weighted by Crippen LogP contribution is 2.22. The molecule has 0 aromatic carbocycles. The predicted molar refractivity (Wildman–Crippen MR) is 97.0 cm³/mol. The predicted octanol–water partition coefficient (Wildman–Crippen LogP) is 3.36. The lowest BCUT2D eigenvalue weighted by Gasteiger charge is -2.33. The van der Waals surface area contributed by atoms with Crippen LogP contribution in [0.5, 0.6) is 0 Å². The van der Waals surface area contributed by atoms with Gasteiger partial charge in [-0.25, -0.2) is 0 Å². The summed E-state index contributed by atoms with van der Waals surface area (Å²) in [5, 5.41) is 0. The molecule has 0 fully saturated rings. The highest BCUT2D eigenvalue weighted by molar-refractivity contribution is 6.75. The Kier molecular flexibility index (Phi) is 8.27. The molecule has 0 bridgehead atoms. The van der Waals surface area contributed by atoms with Crippen molar-refractivity contribution in [3.8, 4) is 0 Å². The smallest absolute Gasteiger partial charge is 0.385 e. The van der Waals surface area contributed by atoms with Crippen molar-refractivity contribution in [3.63, 3.8) is 0 Å². The van der Waals surface area contributed by atoms with Crippen molar-refractivity contribution in [2.75, 3.05) is 32.9 Å². The van der Waals surface area contributed by atoms with E-state index in [0.29, 0.717) is 19.8 Å². The van der Waals surface area contributed by atoms with E-state index in [-0.39, 0.29) is 0 Å². The fraction of sp³-hybridized carbons (Fsp3) is 0.933. The van der Waals surface area contributed by atoms with Gasteiger partial charge >= 0.3 is 8.80 Å². The molecule has 130 valence electrons. The summed E-state index contributed by atoms with van der Waals surface area (Å²) in [4.78, 5) is 4.71. The summed E-state index contributed by atoms with van der Waals surface area (Å²) in [5.74, 6) is 1.28. The summed E-state index contributed by atoms with van der Waals surface area (Å²) < 4.78 is 20.3. The average Bonchev–Trinajstić information content (AvgIpc) is 2.88. The Hall–Kier alpha value is -0.216. The second-order valence-corrected chi connectivity index (χ2v) is 14.1. The Balaban J connectivity index is 2.58. The van der Waals surface area contributed by atoms with Gasteiger partial charge in [0.1, 0.15) is 8.24 Å². The van der Waals surface area contributed by atoms with E-state index in [4.69, 9.17) is 18.3 Å². The zero-order chi connectivity index (χ0) is 16.6. The summed E-state index contributed by atoms with van der Waals surface area (Å²) in [6, 6.07) is 0.876. The third kappa shape index (κ3) is 5.77. The molecule has 0 unspecified atom stereocenters. The van der Waals surface area contributed by atoms with Crippen molar-refractivity contribution < 1.29 is 13.3 Å². The summed E-state index contributed by atoms with van der Waals surface area (Å²) in [6.45, 7) is 17.2. The molecule has 1 aliphatic heterocycles. The van der Waals surface area contributed by atoms with Crippen molar-refractivity contribution in [2.24, 2.45) is 4.99 Å². The average molecular weight is 347 g/mol. The van der Waals surface area contributed by atoms with Crippen LogP contribution in [0.1, 0.15) is 33.6 Å². The Morgan fingerprint density at radius 1 is 1.00 bits per heavy atom. The Bertz CT molecular complexity index is 342. The Morgan fingerprint density at radius 3 is 2.00 bits per heavy atom. The molecule has 0 aliphatic carbocycles. The van der Waals surface area contributed by atoms with E-state index >= 15 is 0 Å². The van der Waals surface area contributed by atoms with Crippen LogP contribution in [-0.4, -0.2) is 60.4 Å². The van der Waals surface area contributed by atoms with E-state index in [1.165, 1.54) is 5.84 Å². The van der Waals surface area contributed by atoms with Crippen LogP contribution in [-0.2, 0) is 13.3 Å². The molecule has 5 nitrogen and oxygen atoms in total. The molecule has 0 saturated heterocycles. The van der Waals surface area contributed by atoms with E-state index < -0.39 is 17.0 Å². The maximum absolute atomic E-state index is 5.92. The van der Waals surface area contributed by atoms with Gasteiger partial charge in [-0.1, -0.05) is 19.6 Å². The minimum Gasteiger partial charge on any atom is -0.385 e. The molecule has 0 saturated carbocycles. The molecule has 1 aliphatic rings. The third-order valence-corrected chi connectivity index (χ3v) is 8.97. The lowest BCUT2D eigenvalue weighted by atomic mass is 10.3. The number of hydrogen-bond donors (Lipinski definition) is 0. The summed E-state index contributed by atoms with van der Waals surface area (Å²) in [6.07, 6.45) is 2.03. The normalized spacial score (nSPS) is 16.3. The largest absolute Gasteiger partial charge is 0.500 e. The fourth-order valence-corrected chi connectivity index (χ4v) is 7.23. The summed E-state index contributed by atoms with van der Waals surface area (Å²) in [7, 11) is -3.81. The second-order valence-electron chi connectivity index (χ2n) is 6.46. The van der Waals surface area contributed by atoms with Crippen molar-refractivity contribution >= 4 is 22.9 Å². The molecule has 1 rings (SSSR count). The fourth-order valence-electron chi connectivity index (χ4n) is 2.89. The van der Waals surface area contributed by atoms with Crippen LogP contribution in [0, 0.1) is 0 Å². The zero-order valence-corrected chi connectivity index (χ0v) is 17.3. The van der Waals surface area contributed by atoms with Crippen molar-refractivity contribution in [1.82, 2.24) is 4.57 Å². The summed E-state index contributed by atoms with van der Waals surface area (Å²) >= 11 is 0. The molecule has 0 amide bonds. The molecule has 7 heteroatoms. The molecule has 0 aromatic rings. The van der Waals surface area contributed by atoms with Crippen LogP contribution in [0.15, 0.2) is 4.99 Å². The van der Waals surface area contributed by atoms with Gasteiger partial charge in [0, 0.05) is 38.8 Å². The van der Waals surface area contributed by atoms with Crippen LogP contribution < -0.4 is 0 Å². The first kappa shape index (κ1) is 19.8. The standard InChI is InChI=1S/C15H34N2O3Si2/c1-7-18-22(19-8-2,20-9-3)14-10-11-15-16-12-13-17(15)21(4,5)6/h7-14H2,1-6H3. The highest BCUT2D eigenvalue weighted by Gasteiger charge is 2.40. The van der Waals surface area contributed by atoms with Gasteiger partial charge in [0.2, 0.25) is 0 Å². The van der Waals surface area contributed by atoms with Gasteiger partial charge in [-0.15, -0.1) is 0 Å². The highest BCUT2D eigenvalue weighted by atomic mass is 28.4. The Labute approximate surface area is 138 Å². The number of aliphatic imine (C=N–C) groups is 1. The van der Waals surface area contributed by atoms with Gasteiger partial charge in [-0.2, -0.15) is 0 Å². The molecule has 0 radical (unpaired) electrons. The van der Waals surface area contributed by atoms with Gasteiger partial charge in [0.15, 0.2) is 0 Å². The molecule has 0 N–H and O–H groups in total. The van der Waals surface area contributed by atoms with Gasteiger partial charge in [-0.05, 0) is 27.2 Å². The van der Waals surface area contributed by atoms with Crippen LogP contribution >= 0.6 is 0 Å². The van der Waals surface area contributed by atoms with Crippen LogP contribution in [0.4, 0.5) is 0 Å². The molecule has 0 spiro atoms. The third-order valence-electron chi connectivity index (χ3n) is 3.72. The van der Waals surface area contributed by atoms with E-state index in [2.05, 4.69) is 24.2 Å². The van der Waals surface area contributed by atoms with Crippen molar-refractivity contribution in [3.05, 3.63) is 0 Å². The first-order valence-corrected chi connectivity index (χ1v) is 14.0. The molecule has 0 atom stereocenters. The SMILES string of the molecule is CCO[Si](CCCC1=NCCN1[Si](C)(C)C)(OCC)OCC. The lowest BCUT2D eigenvalue weighted by Crippen LogP contribution is -2.48. The first-order chi connectivity index (χ1) is 10.4. The lowest BCUT2D eigenvalue weighted by molar-refractivity contribution is 0.0709. The second kappa shape index (κ2) is 9.17. The van der Waals surface area contributed by atoms with Crippen LogP contribution in [0.3, 0.4) is 0 Å². The first-order valence-electron chi connectivity index (χ1n) is 8.61. The van der Waals surface area contributed by atoms with Crippen LogP contribution in [0.2, 0.25) is 25.7 Å². The maximum Gasteiger partial charge on any atom is 0.500 e. The van der Waals surface area contributed by atoms with Gasteiger partial charge in [-0.3, -0.25) is 4.99 Å². The van der Waals surface area contributed by atoms with E-state index in [1.54, 1.807) is 0 Å². The summed E-state index contributed by atoms with van der Waals surface area (Å²) in [5.41, 5.74) is 0. The topological polar surface area (TPSA) is 43.3 Å². The number of nitrogens with zero attached hydrogens (tertiary/aromatic N) is 2. The molecule has 0 aromatic heterocycles.